The summed E-state index contributed by atoms with van der Waals surface area (Å²) in [5, 5.41) is 9.35. The minimum atomic E-state index is 0.102. The van der Waals surface area contributed by atoms with E-state index in [1.54, 1.807) is 17.5 Å². The number of thiazole rings is 1. The van der Waals surface area contributed by atoms with E-state index < -0.39 is 0 Å². The Morgan fingerprint density at radius 2 is 2.38 bits per heavy atom. The number of carbonyl (C=O) groups is 1. The van der Waals surface area contributed by atoms with Crippen LogP contribution >= 0.6 is 11.3 Å². The van der Waals surface area contributed by atoms with Crippen LogP contribution in [0.1, 0.15) is 19.8 Å². The van der Waals surface area contributed by atoms with Crippen LogP contribution in [0.5, 0.6) is 0 Å². The Morgan fingerprint density at radius 1 is 1.48 bits per heavy atom. The summed E-state index contributed by atoms with van der Waals surface area (Å²) in [6.45, 7) is 3.04. The summed E-state index contributed by atoms with van der Waals surface area (Å²) in [6.07, 6.45) is 3.60. The van der Waals surface area contributed by atoms with Crippen molar-refractivity contribution in [3.63, 3.8) is 0 Å². The van der Waals surface area contributed by atoms with Gasteiger partial charge in [0.05, 0.1) is 0 Å². The third-order valence-electron chi connectivity index (χ3n) is 3.80. The van der Waals surface area contributed by atoms with Crippen molar-refractivity contribution in [2.75, 3.05) is 11.9 Å². The van der Waals surface area contributed by atoms with E-state index >= 15 is 0 Å². The number of aromatic nitrogens is 1. The number of nitrogens with one attached hydrogen (secondary N) is 2. The van der Waals surface area contributed by atoms with Crippen molar-refractivity contribution in [1.82, 2.24) is 10.3 Å². The molecule has 1 aromatic heterocycles. The standard InChI is InChI=1S/C16H19N3OS/c1-11-9-12(5-6-17-11)15(20)19-14-4-2-3-13(10-14)16-18-7-8-21-16/h2-4,7-8,10-12,17H,5-6,9H2,1H3,(H,19,20). The molecule has 1 aromatic carbocycles. The average Bonchev–Trinajstić information content (AvgIpc) is 3.02. The number of amides is 1. The lowest BCUT2D eigenvalue weighted by molar-refractivity contribution is -0.120. The van der Waals surface area contributed by atoms with Crippen LogP contribution in [0.4, 0.5) is 5.69 Å². The van der Waals surface area contributed by atoms with Gasteiger partial charge < -0.3 is 10.6 Å². The molecule has 2 unspecified atom stereocenters. The summed E-state index contributed by atoms with van der Waals surface area (Å²) < 4.78 is 0. The van der Waals surface area contributed by atoms with E-state index in [9.17, 15) is 4.79 Å². The molecule has 2 atom stereocenters. The third kappa shape index (κ3) is 3.49. The zero-order chi connectivity index (χ0) is 14.7. The summed E-state index contributed by atoms with van der Waals surface area (Å²) in [7, 11) is 0. The van der Waals surface area contributed by atoms with Crippen LogP contribution in [-0.4, -0.2) is 23.5 Å². The van der Waals surface area contributed by atoms with Crippen LogP contribution in [0.3, 0.4) is 0 Å². The number of carbonyl (C=O) groups excluding carboxylic acids is 1. The zero-order valence-corrected chi connectivity index (χ0v) is 12.8. The van der Waals surface area contributed by atoms with Crippen molar-refractivity contribution < 1.29 is 4.79 Å². The third-order valence-corrected chi connectivity index (χ3v) is 4.63. The van der Waals surface area contributed by atoms with Gasteiger partial charge in [-0.3, -0.25) is 4.79 Å². The number of piperidine rings is 1. The highest BCUT2D eigenvalue weighted by atomic mass is 32.1. The molecule has 2 N–H and O–H groups in total. The lowest BCUT2D eigenvalue weighted by Crippen LogP contribution is -2.40. The van der Waals surface area contributed by atoms with Crippen LogP contribution in [0, 0.1) is 5.92 Å². The molecule has 4 nitrogen and oxygen atoms in total. The normalized spacial score (nSPS) is 22.0. The first-order valence-electron chi connectivity index (χ1n) is 7.26. The molecule has 1 aliphatic rings. The number of anilines is 1. The SMILES string of the molecule is CC1CC(C(=O)Nc2cccc(-c3nccs3)c2)CCN1. The minimum Gasteiger partial charge on any atom is -0.326 e. The maximum absolute atomic E-state index is 12.4. The molecule has 110 valence electrons. The summed E-state index contributed by atoms with van der Waals surface area (Å²) >= 11 is 1.60. The van der Waals surface area contributed by atoms with Crippen LogP contribution in [0.25, 0.3) is 10.6 Å². The van der Waals surface area contributed by atoms with Gasteiger partial charge in [0.15, 0.2) is 0 Å². The smallest absolute Gasteiger partial charge is 0.227 e. The Morgan fingerprint density at radius 3 is 3.14 bits per heavy atom. The average molecular weight is 301 g/mol. The molecule has 0 spiro atoms. The van der Waals surface area contributed by atoms with Gasteiger partial charge in [-0.2, -0.15) is 0 Å². The molecule has 3 rings (SSSR count). The molecule has 2 aromatic rings. The second-order valence-corrected chi connectivity index (χ2v) is 6.38. The van der Waals surface area contributed by atoms with Crippen molar-refractivity contribution >= 4 is 22.9 Å². The van der Waals surface area contributed by atoms with Crippen LogP contribution in [-0.2, 0) is 4.79 Å². The Balaban J connectivity index is 1.70. The van der Waals surface area contributed by atoms with Gasteiger partial charge in [0.25, 0.3) is 0 Å². The first-order valence-corrected chi connectivity index (χ1v) is 8.14. The molecule has 0 saturated carbocycles. The Bertz CT molecular complexity index is 612. The number of hydrogen-bond acceptors (Lipinski definition) is 4. The van der Waals surface area contributed by atoms with Gasteiger partial charge >= 0.3 is 0 Å². The lowest BCUT2D eigenvalue weighted by Gasteiger charge is -2.27. The van der Waals surface area contributed by atoms with Crippen molar-refractivity contribution in [3.8, 4) is 10.6 Å². The maximum atomic E-state index is 12.4. The van der Waals surface area contributed by atoms with Crippen LogP contribution < -0.4 is 10.6 Å². The van der Waals surface area contributed by atoms with Gasteiger partial charge in [0, 0.05) is 34.8 Å². The van der Waals surface area contributed by atoms with E-state index in [0.717, 1.165) is 35.6 Å². The Hall–Kier alpha value is -1.72. The van der Waals surface area contributed by atoms with E-state index in [0.29, 0.717) is 6.04 Å². The van der Waals surface area contributed by atoms with Gasteiger partial charge in [-0.25, -0.2) is 4.98 Å². The van der Waals surface area contributed by atoms with Crippen molar-refractivity contribution in [3.05, 3.63) is 35.8 Å². The molecule has 0 bridgehead atoms. The summed E-state index contributed by atoms with van der Waals surface area (Å²) in [5.74, 6) is 0.226. The minimum absolute atomic E-state index is 0.102. The highest BCUT2D eigenvalue weighted by molar-refractivity contribution is 7.13. The van der Waals surface area contributed by atoms with E-state index in [1.807, 2.05) is 29.6 Å². The van der Waals surface area contributed by atoms with Gasteiger partial charge in [-0.15, -0.1) is 11.3 Å². The van der Waals surface area contributed by atoms with E-state index in [4.69, 9.17) is 0 Å². The molecule has 0 aliphatic carbocycles. The van der Waals surface area contributed by atoms with Gasteiger partial charge in [0.2, 0.25) is 5.91 Å². The summed E-state index contributed by atoms with van der Waals surface area (Å²) in [4.78, 5) is 16.7. The molecular weight excluding hydrogens is 282 g/mol. The largest absolute Gasteiger partial charge is 0.326 e. The molecule has 5 heteroatoms. The van der Waals surface area contributed by atoms with Gasteiger partial charge in [-0.1, -0.05) is 12.1 Å². The molecule has 21 heavy (non-hydrogen) atoms. The molecule has 1 aliphatic heterocycles. The molecule has 1 fully saturated rings. The maximum Gasteiger partial charge on any atom is 0.227 e. The van der Waals surface area contributed by atoms with Crippen LogP contribution in [0.15, 0.2) is 35.8 Å². The molecule has 1 amide bonds. The molecular formula is C16H19N3OS. The van der Waals surface area contributed by atoms with E-state index in [-0.39, 0.29) is 11.8 Å². The van der Waals surface area contributed by atoms with Crippen molar-refractivity contribution in [2.24, 2.45) is 5.92 Å². The fourth-order valence-corrected chi connectivity index (χ4v) is 3.35. The first kappa shape index (κ1) is 14.2. The number of benzene rings is 1. The predicted octanol–water partition coefficient (Wildman–Crippen LogP) is 3.14. The predicted molar refractivity (Wildman–Crippen MR) is 86.4 cm³/mol. The Kier molecular flexibility index (Phi) is 4.31. The Labute approximate surface area is 128 Å². The van der Waals surface area contributed by atoms with E-state index in [2.05, 4.69) is 22.5 Å². The topological polar surface area (TPSA) is 54.0 Å². The molecule has 1 saturated heterocycles. The number of nitrogens with zero attached hydrogens (tertiary/aromatic N) is 1. The lowest BCUT2D eigenvalue weighted by atomic mass is 9.92. The second-order valence-electron chi connectivity index (χ2n) is 5.48. The monoisotopic (exact) mass is 301 g/mol. The van der Waals surface area contributed by atoms with E-state index in [1.165, 1.54) is 0 Å². The quantitative estimate of drug-likeness (QED) is 0.915. The number of hydrogen-bond donors (Lipinski definition) is 2. The fraction of sp³-hybridized carbons (Fsp3) is 0.375. The van der Waals surface area contributed by atoms with Crippen LogP contribution in [0.2, 0.25) is 0 Å². The number of rotatable bonds is 3. The highest BCUT2D eigenvalue weighted by Gasteiger charge is 2.24. The summed E-state index contributed by atoms with van der Waals surface area (Å²) in [5.41, 5.74) is 1.89. The summed E-state index contributed by atoms with van der Waals surface area (Å²) in [6, 6.07) is 8.30. The highest BCUT2D eigenvalue weighted by Crippen LogP contribution is 2.25. The second kappa shape index (κ2) is 6.37. The first-order chi connectivity index (χ1) is 10.2. The van der Waals surface area contributed by atoms with Crippen molar-refractivity contribution in [2.45, 2.75) is 25.8 Å². The molecule has 2 heterocycles. The zero-order valence-electron chi connectivity index (χ0n) is 12.0. The van der Waals surface area contributed by atoms with Gasteiger partial charge in [0.1, 0.15) is 5.01 Å². The van der Waals surface area contributed by atoms with Gasteiger partial charge in [-0.05, 0) is 38.4 Å². The van der Waals surface area contributed by atoms with Crippen molar-refractivity contribution in [1.29, 1.82) is 0 Å². The molecule has 0 radical (unpaired) electrons. The fourth-order valence-electron chi connectivity index (χ4n) is 2.71.